The maximum atomic E-state index is 12.5. The second kappa shape index (κ2) is 7.95. The second-order valence-electron chi connectivity index (χ2n) is 9.06. The van der Waals surface area contributed by atoms with E-state index in [9.17, 15) is 9.59 Å². The molecule has 0 saturated heterocycles. The monoisotopic (exact) mass is 382 g/mol. The molecule has 3 aliphatic rings. The molecule has 3 heteroatoms. The van der Waals surface area contributed by atoms with Gasteiger partial charge < -0.3 is 0 Å². The van der Waals surface area contributed by atoms with E-state index in [1.165, 1.54) is 11.3 Å². The number of hydrogen-bond acceptors (Lipinski definition) is 3. The van der Waals surface area contributed by atoms with Gasteiger partial charge in [-0.05, 0) is 74.3 Å². The van der Waals surface area contributed by atoms with Gasteiger partial charge in [-0.15, -0.1) is 11.8 Å². The van der Waals surface area contributed by atoms with E-state index in [2.05, 4.69) is 42.5 Å². The highest BCUT2D eigenvalue weighted by atomic mass is 32.2. The Kier molecular flexibility index (Phi) is 5.59. The molecule has 0 aromatic heterocycles. The standard InChI is InChI=1S/C24H30O2S/c1-17(25)23-10-6-5-7-18(23)12-24-13-19(11-21(26)15-24)20(14-24)16-27-22-8-3-2-4-9-22/h2-5,7-9,18-20,23H,6,10-16H2,1H3/t18?,19-,20-,23?,24+/m1/s1. The maximum absolute atomic E-state index is 12.5. The highest BCUT2D eigenvalue weighted by Gasteiger charge is 2.51. The molecule has 1 aromatic rings. The Morgan fingerprint density at radius 1 is 1.22 bits per heavy atom. The fraction of sp³-hybridized carbons (Fsp3) is 0.583. The molecular formula is C24H30O2S. The van der Waals surface area contributed by atoms with Gasteiger partial charge in [0.15, 0.2) is 0 Å². The van der Waals surface area contributed by atoms with Gasteiger partial charge in [0, 0.05) is 29.4 Å². The number of carbonyl (C=O) groups excluding carboxylic acids is 2. The molecule has 5 atom stereocenters. The normalized spacial score (nSPS) is 35.4. The first-order valence-corrected chi connectivity index (χ1v) is 11.4. The quantitative estimate of drug-likeness (QED) is 0.466. The topological polar surface area (TPSA) is 34.1 Å². The first-order valence-electron chi connectivity index (χ1n) is 10.4. The van der Waals surface area contributed by atoms with E-state index >= 15 is 0 Å². The Morgan fingerprint density at radius 3 is 2.81 bits per heavy atom. The van der Waals surface area contributed by atoms with Gasteiger partial charge in [0.05, 0.1) is 0 Å². The van der Waals surface area contributed by atoms with Crippen LogP contribution in [0.5, 0.6) is 0 Å². The summed E-state index contributed by atoms with van der Waals surface area (Å²) in [4.78, 5) is 26.0. The lowest BCUT2D eigenvalue weighted by Crippen LogP contribution is -2.33. The molecule has 27 heavy (non-hydrogen) atoms. The predicted octanol–water partition coefficient (Wildman–Crippen LogP) is 5.72. The van der Waals surface area contributed by atoms with Gasteiger partial charge in [-0.3, -0.25) is 9.59 Å². The third-order valence-corrected chi connectivity index (χ3v) is 8.26. The summed E-state index contributed by atoms with van der Waals surface area (Å²) >= 11 is 1.94. The Labute approximate surface area is 167 Å². The van der Waals surface area contributed by atoms with E-state index in [1.807, 2.05) is 11.8 Å². The summed E-state index contributed by atoms with van der Waals surface area (Å²) in [6.45, 7) is 1.75. The van der Waals surface area contributed by atoms with Crippen LogP contribution in [-0.2, 0) is 9.59 Å². The average Bonchev–Trinajstić information content (AvgIpc) is 2.91. The van der Waals surface area contributed by atoms with Gasteiger partial charge in [0.25, 0.3) is 0 Å². The van der Waals surface area contributed by atoms with Gasteiger partial charge in [-0.1, -0.05) is 30.4 Å². The minimum atomic E-state index is 0.141. The predicted molar refractivity (Wildman–Crippen MR) is 111 cm³/mol. The van der Waals surface area contributed by atoms with Crippen LogP contribution in [0.3, 0.4) is 0 Å². The van der Waals surface area contributed by atoms with E-state index in [-0.39, 0.29) is 11.3 Å². The molecule has 0 amide bonds. The largest absolute Gasteiger partial charge is 0.300 e. The summed E-state index contributed by atoms with van der Waals surface area (Å²) in [7, 11) is 0. The van der Waals surface area contributed by atoms with Crippen molar-refractivity contribution in [1.82, 2.24) is 0 Å². The SMILES string of the molecule is CC(=O)C1CCC=CC1C[C@]12CC(=O)C[C@H](C1)[C@@H](CSc1ccccc1)C2. The van der Waals surface area contributed by atoms with Crippen molar-refractivity contribution < 1.29 is 9.59 Å². The molecule has 4 rings (SSSR count). The summed E-state index contributed by atoms with van der Waals surface area (Å²) < 4.78 is 0. The van der Waals surface area contributed by atoms with E-state index < -0.39 is 0 Å². The van der Waals surface area contributed by atoms with Crippen molar-refractivity contribution in [2.75, 3.05) is 5.75 Å². The minimum Gasteiger partial charge on any atom is -0.300 e. The van der Waals surface area contributed by atoms with Gasteiger partial charge in [-0.2, -0.15) is 0 Å². The average molecular weight is 383 g/mol. The molecular weight excluding hydrogens is 352 g/mol. The summed E-state index contributed by atoms with van der Waals surface area (Å²) in [5.41, 5.74) is 0.141. The Morgan fingerprint density at radius 2 is 2.04 bits per heavy atom. The van der Waals surface area contributed by atoms with Gasteiger partial charge >= 0.3 is 0 Å². The lowest BCUT2D eigenvalue weighted by atomic mass is 9.66. The summed E-state index contributed by atoms with van der Waals surface area (Å²) in [6, 6.07) is 10.6. The number of ketones is 2. The molecule has 2 unspecified atom stereocenters. The fourth-order valence-corrected chi connectivity index (χ4v) is 7.11. The zero-order valence-electron chi connectivity index (χ0n) is 16.2. The molecule has 2 saturated carbocycles. The third kappa shape index (κ3) is 4.23. The Bertz CT molecular complexity index is 725. The van der Waals surface area contributed by atoms with E-state index in [0.29, 0.717) is 29.3 Å². The molecule has 0 radical (unpaired) electrons. The number of fused-ring (bicyclic) bond motifs is 2. The van der Waals surface area contributed by atoms with Gasteiger partial charge in [0.2, 0.25) is 0 Å². The molecule has 0 heterocycles. The second-order valence-corrected chi connectivity index (χ2v) is 10.2. The van der Waals surface area contributed by atoms with Crippen LogP contribution < -0.4 is 0 Å². The van der Waals surface area contributed by atoms with Crippen molar-refractivity contribution in [1.29, 1.82) is 0 Å². The number of carbonyl (C=O) groups is 2. The molecule has 2 bridgehead atoms. The highest BCUT2D eigenvalue weighted by Crippen LogP contribution is 2.58. The van der Waals surface area contributed by atoms with Crippen LogP contribution in [0.1, 0.15) is 51.9 Å². The molecule has 0 spiro atoms. The first-order chi connectivity index (χ1) is 13.0. The van der Waals surface area contributed by atoms with Crippen LogP contribution in [0.25, 0.3) is 0 Å². The van der Waals surface area contributed by atoms with E-state index in [1.54, 1.807) is 6.92 Å². The highest BCUT2D eigenvalue weighted by molar-refractivity contribution is 7.99. The summed E-state index contributed by atoms with van der Waals surface area (Å²) in [5, 5.41) is 0. The van der Waals surface area contributed by atoms with Gasteiger partial charge in [-0.25, -0.2) is 0 Å². The lowest BCUT2D eigenvalue weighted by Gasteiger charge is -2.37. The van der Waals surface area contributed by atoms with Gasteiger partial charge in [0.1, 0.15) is 11.6 Å². The van der Waals surface area contributed by atoms with Crippen LogP contribution in [0, 0.1) is 29.1 Å². The summed E-state index contributed by atoms with van der Waals surface area (Å²) in [6.07, 6.45) is 11.4. The Balaban J connectivity index is 1.46. The molecule has 1 aromatic carbocycles. The van der Waals surface area contributed by atoms with Crippen molar-refractivity contribution in [2.24, 2.45) is 29.1 Å². The van der Waals surface area contributed by atoms with Crippen LogP contribution >= 0.6 is 11.8 Å². The van der Waals surface area contributed by atoms with E-state index in [4.69, 9.17) is 0 Å². The minimum absolute atomic E-state index is 0.141. The third-order valence-electron chi connectivity index (χ3n) is 7.06. The molecule has 2 fully saturated rings. The van der Waals surface area contributed by atoms with Crippen molar-refractivity contribution >= 4 is 23.3 Å². The molecule has 2 nitrogen and oxygen atoms in total. The number of allylic oxidation sites excluding steroid dienone is 2. The molecule has 0 aliphatic heterocycles. The Hall–Kier alpha value is -1.35. The van der Waals surface area contributed by atoms with Crippen molar-refractivity contribution in [3.63, 3.8) is 0 Å². The number of hydrogen-bond donors (Lipinski definition) is 0. The fourth-order valence-electron chi connectivity index (χ4n) is 5.96. The number of rotatable bonds is 6. The summed E-state index contributed by atoms with van der Waals surface area (Å²) in [5.74, 6) is 3.57. The van der Waals surface area contributed by atoms with E-state index in [0.717, 1.165) is 44.3 Å². The smallest absolute Gasteiger partial charge is 0.133 e. The molecule has 0 N–H and O–H groups in total. The number of thioether (sulfide) groups is 1. The lowest BCUT2D eigenvalue weighted by molar-refractivity contribution is -0.124. The van der Waals surface area contributed by atoms with Crippen molar-refractivity contribution in [2.45, 2.75) is 56.8 Å². The molecule has 144 valence electrons. The molecule has 3 aliphatic carbocycles. The zero-order valence-corrected chi connectivity index (χ0v) is 17.0. The number of Topliss-reactive ketones (excluding diaryl/α,β-unsaturated/α-hetero) is 2. The van der Waals surface area contributed by atoms with Crippen LogP contribution in [0.15, 0.2) is 47.4 Å². The zero-order chi connectivity index (χ0) is 18.9. The van der Waals surface area contributed by atoms with Crippen LogP contribution in [-0.4, -0.2) is 17.3 Å². The van der Waals surface area contributed by atoms with Crippen molar-refractivity contribution in [3.05, 3.63) is 42.5 Å². The first kappa shape index (κ1) is 19.0. The van der Waals surface area contributed by atoms with Crippen LogP contribution in [0.4, 0.5) is 0 Å². The van der Waals surface area contributed by atoms with Crippen LogP contribution in [0.2, 0.25) is 0 Å². The maximum Gasteiger partial charge on any atom is 0.133 e. The van der Waals surface area contributed by atoms with Crippen molar-refractivity contribution in [3.8, 4) is 0 Å². The number of benzene rings is 1.